The number of nitrogens with zero attached hydrogens (tertiary/aromatic N) is 6. The van der Waals surface area contributed by atoms with E-state index in [9.17, 15) is 8.78 Å². The van der Waals surface area contributed by atoms with Gasteiger partial charge in [-0.15, -0.1) is 5.10 Å². The summed E-state index contributed by atoms with van der Waals surface area (Å²) in [6.07, 6.45) is 6.78. The number of hydrogen-bond donors (Lipinski definition) is 1. The minimum absolute atomic E-state index is 0.0533. The first-order valence-electron chi connectivity index (χ1n) is 9.15. The van der Waals surface area contributed by atoms with Gasteiger partial charge in [0.2, 0.25) is 0 Å². The van der Waals surface area contributed by atoms with E-state index in [1.807, 2.05) is 0 Å². The van der Waals surface area contributed by atoms with Crippen LogP contribution in [0.1, 0.15) is 0 Å². The highest BCUT2D eigenvalue weighted by Crippen LogP contribution is 2.34. The Hall–Kier alpha value is -3.79. The summed E-state index contributed by atoms with van der Waals surface area (Å²) in [5.41, 5.74) is 2.85. The molecule has 0 aliphatic rings. The van der Waals surface area contributed by atoms with Gasteiger partial charge in [-0.1, -0.05) is 11.6 Å². The molecule has 0 radical (unpaired) electrons. The number of benzene rings is 1. The number of fused-ring (bicyclic) bond motifs is 2. The average molecular weight is 442 g/mol. The summed E-state index contributed by atoms with van der Waals surface area (Å²) in [5.74, 6) is 0.470. The van der Waals surface area contributed by atoms with E-state index in [2.05, 4.69) is 25.5 Å². The third-order valence-corrected chi connectivity index (χ3v) is 4.96. The Labute approximate surface area is 179 Å². The molecule has 0 unspecified atom stereocenters. The van der Waals surface area contributed by atoms with Crippen LogP contribution in [0.15, 0.2) is 55.1 Å². The van der Waals surface area contributed by atoms with E-state index >= 15 is 0 Å². The molecule has 0 bridgehead atoms. The van der Waals surface area contributed by atoms with Crippen molar-refractivity contribution < 1.29 is 13.5 Å². The number of alkyl halides is 2. The van der Waals surface area contributed by atoms with Crippen molar-refractivity contribution in [3.05, 3.63) is 60.1 Å². The van der Waals surface area contributed by atoms with Crippen LogP contribution in [0.25, 0.3) is 33.5 Å². The molecular weight excluding hydrogens is 428 g/mol. The maximum absolute atomic E-state index is 13.0. The highest BCUT2D eigenvalue weighted by molar-refractivity contribution is 6.30. The molecule has 4 heterocycles. The van der Waals surface area contributed by atoms with Gasteiger partial charge in [0.25, 0.3) is 0 Å². The van der Waals surface area contributed by atoms with Crippen LogP contribution >= 0.6 is 11.6 Å². The molecule has 11 heteroatoms. The minimum atomic E-state index is -2.99. The van der Waals surface area contributed by atoms with Gasteiger partial charge < -0.3 is 10.1 Å². The number of pyridine rings is 1. The van der Waals surface area contributed by atoms with Gasteiger partial charge in [-0.3, -0.25) is 4.98 Å². The molecule has 0 spiro atoms. The van der Waals surface area contributed by atoms with Gasteiger partial charge in [0.05, 0.1) is 28.4 Å². The van der Waals surface area contributed by atoms with Gasteiger partial charge >= 0.3 is 6.61 Å². The minimum Gasteiger partial charge on any atom is -0.433 e. The van der Waals surface area contributed by atoms with Crippen molar-refractivity contribution in [3.8, 4) is 22.7 Å². The fourth-order valence-corrected chi connectivity index (χ4v) is 3.55. The zero-order valence-corrected chi connectivity index (χ0v) is 16.8. The zero-order valence-electron chi connectivity index (χ0n) is 16.0. The molecule has 0 saturated heterocycles. The Balaban J connectivity index is 1.75. The van der Waals surface area contributed by atoms with Crippen molar-refractivity contribution >= 4 is 34.0 Å². The van der Waals surface area contributed by atoms with Crippen LogP contribution < -0.4 is 10.1 Å². The fraction of sp³-hybridized carbons (Fsp3) is 0.100. The van der Waals surface area contributed by atoms with Crippen molar-refractivity contribution in [1.82, 2.24) is 29.4 Å². The summed E-state index contributed by atoms with van der Waals surface area (Å²) in [6, 6.07) is 7.95. The van der Waals surface area contributed by atoms with E-state index in [0.717, 1.165) is 5.56 Å². The number of ether oxygens (including phenoxy) is 1. The van der Waals surface area contributed by atoms with Gasteiger partial charge in [-0.2, -0.15) is 13.9 Å². The number of aromatic nitrogens is 6. The average Bonchev–Trinajstić information content (AvgIpc) is 3.35. The Morgan fingerprint density at radius 3 is 2.84 bits per heavy atom. The lowest BCUT2D eigenvalue weighted by molar-refractivity contribution is -0.0498. The second kappa shape index (κ2) is 7.47. The maximum atomic E-state index is 13.0. The molecule has 1 N–H and O–H groups in total. The van der Waals surface area contributed by atoms with Crippen LogP contribution in [-0.2, 0) is 0 Å². The summed E-state index contributed by atoms with van der Waals surface area (Å²) in [4.78, 5) is 8.90. The fourth-order valence-electron chi connectivity index (χ4n) is 3.39. The molecule has 0 atom stereocenters. The molecule has 31 heavy (non-hydrogen) atoms. The lowest BCUT2D eigenvalue weighted by Gasteiger charge is -2.12. The smallest absolute Gasteiger partial charge is 0.387 e. The van der Waals surface area contributed by atoms with E-state index in [-0.39, 0.29) is 11.4 Å². The van der Waals surface area contributed by atoms with Crippen LogP contribution in [0.2, 0.25) is 5.02 Å². The number of hydrogen-bond acceptors (Lipinski definition) is 6. The van der Waals surface area contributed by atoms with E-state index < -0.39 is 6.61 Å². The maximum Gasteiger partial charge on any atom is 0.387 e. The van der Waals surface area contributed by atoms with Crippen LogP contribution in [0, 0.1) is 0 Å². The number of rotatable bonds is 5. The quantitative estimate of drug-likeness (QED) is 0.434. The lowest BCUT2D eigenvalue weighted by atomic mass is 10.2. The van der Waals surface area contributed by atoms with Crippen molar-refractivity contribution in [2.45, 2.75) is 6.61 Å². The third kappa shape index (κ3) is 3.30. The molecule has 8 nitrogen and oxygen atoms in total. The van der Waals surface area contributed by atoms with Gasteiger partial charge in [0.15, 0.2) is 17.2 Å². The van der Waals surface area contributed by atoms with Gasteiger partial charge in [-0.25, -0.2) is 14.2 Å². The SMILES string of the molecule is CNc1nn(-c2cc(Cl)ccc2OC(F)F)c2cc(-c3cnn4cccnc34)ncc12. The van der Waals surface area contributed by atoms with E-state index in [1.54, 1.807) is 48.5 Å². The second-order valence-corrected chi connectivity index (χ2v) is 6.97. The molecule has 0 amide bonds. The summed E-state index contributed by atoms with van der Waals surface area (Å²) in [6.45, 7) is -2.99. The van der Waals surface area contributed by atoms with Gasteiger partial charge in [0, 0.05) is 30.7 Å². The van der Waals surface area contributed by atoms with Crippen LogP contribution in [-0.4, -0.2) is 43.0 Å². The Kier molecular flexibility index (Phi) is 4.63. The van der Waals surface area contributed by atoms with Gasteiger partial charge in [0.1, 0.15) is 5.69 Å². The first-order valence-corrected chi connectivity index (χ1v) is 9.53. The molecule has 4 aromatic heterocycles. The number of halogens is 3. The first kappa shape index (κ1) is 19.2. The Morgan fingerprint density at radius 2 is 2.03 bits per heavy atom. The third-order valence-electron chi connectivity index (χ3n) is 4.72. The van der Waals surface area contributed by atoms with E-state index in [4.69, 9.17) is 16.3 Å². The standard InChI is InChI=1S/C20H14ClF2N7O/c1-24-18-13-9-26-14(12-10-27-29-6-2-5-25-19(12)29)8-15(13)30(28-18)16-7-11(21)3-4-17(16)31-20(22)23/h2-10,20H,1H3,(H,24,28). The molecular formula is C20H14ClF2N7O. The summed E-state index contributed by atoms with van der Waals surface area (Å²) in [7, 11) is 1.71. The predicted octanol–water partition coefficient (Wildman–Crippen LogP) is 4.43. The normalized spacial score (nSPS) is 11.5. The molecule has 5 rings (SSSR count). The monoisotopic (exact) mass is 441 g/mol. The molecule has 0 aliphatic carbocycles. The summed E-state index contributed by atoms with van der Waals surface area (Å²) in [5, 5.41) is 12.9. The molecule has 1 aromatic carbocycles. The van der Waals surface area contributed by atoms with E-state index in [1.165, 1.54) is 22.9 Å². The number of anilines is 1. The summed E-state index contributed by atoms with van der Waals surface area (Å²) >= 11 is 6.14. The van der Waals surface area contributed by atoms with Crippen LogP contribution in [0.4, 0.5) is 14.6 Å². The van der Waals surface area contributed by atoms with Crippen molar-refractivity contribution in [2.24, 2.45) is 0 Å². The summed E-state index contributed by atoms with van der Waals surface area (Å²) < 4.78 is 33.8. The molecule has 0 aliphatic heterocycles. The predicted molar refractivity (Wildman–Crippen MR) is 112 cm³/mol. The van der Waals surface area contributed by atoms with Crippen molar-refractivity contribution in [1.29, 1.82) is 0 Å². The highest BCUT2D eigenvalue weighted by Gasteiger charge is 2.19. The molecule has 156 valence electrons. The largest absolute Gasteiger partial charge is 0.433 e. The Morgan fingerprint density at radius 1 is 1.16 bits per heavy atom. The second-order valence-electron chi connectivity index (χ2n) is 6.53. The molecule has 0 saturated carbocycles. The molecule has 5 aromatic rings. The van der Waals surface area contributed by atoms with Crippen molar-refractivity contribution in [3.63, 3.8) is 0 Å². The first-order chi connectivity index (χ1) is 15.0. The number of nitrogens with one attached hydrogen (secondary N) is 1. The highest BCUT2D eigenvalue weighted by atomic mass is 35.5. The Bertz CT molecular complexity index is 1420. The molecule has 0 fully saturated rings. The van der Waals surface area contributed by atoms with Crippen LogP contribution in [0.5, 0.6) is 5.75 Å². The van der Waals surface area contributed by atoms with E-state index in [0.29, 0.717) is 33.1 Å². The van der Waals surface area contributed by atoms with Crippen molar-refractivity contribution in [2.75, 3.05) is 12.4 Å². The van der Waals surface area contributed by atoms with Crippen LogP contribution in [0.3, 0.4) is 0 Å². The van der Waals surface area contributed by atoms with Gasteiger partial charge in [-0.05, 0) is 30.3 Å². The topological polar surface area (TPSA) is 82.2 Å². The lowest BCUT2D eigenvalue weighted by Crippen LogP contribution is -2.07. The zero-order chi connectivity index (χ0) is 21.5.